The molecule has 0 atom stereocenters. The van der Waals surface area contributed by atoms with Gasteiger partial charge in [-0.3, -0.25) is 4.79 Å². The molecule has 0 aliphatic rings. The molecule has 3 aromatic carbocycles. The van der Waals surface area contributed by atoms with Crippen molar-refractivity contribution in [2.45, 2.75) is 6.92 Å². The fourth-order valence-corrected chi connectivity index (χ4v) is 2.48. The number of ketones is 1. The molecule has 21 heavy (non-hydrogen) atoms. The Bertz CT molecular complexity index is 773. The van der Waals surface area contributed by atoms with Gasteiger partial charge >= 0.3 is 0 Å². The molecule has 0 fully saturated rings. The number of aryl methyl sites for hydroxylation is 1. The van der Waals surface area contributed by atoms with Gasteiger partial charge in [0.05, 0.1) is 0 Å². The minimum Gasteiger partial charge on any atom is -0.289 e. The second kappa shape index (κ2) is 5.76. The second-order valence-electron chi connectivity index (χ2n) is 5.09. The van der Waals surface area contributed by atoms with E-state index in [1.165, 1.54) is 11.1 Å². The molecule has 0 unspecified atom stereocenters. The van der Waals surface area contributed by atoms with Gasteiger partial charge in [-0.05, 0) is 29.7 Å². The lowest BCUT2D eigenvalue weighted by Crippen LogP contribution is -2.01. The van der Waals surface area contributed by atoms with Crippen LogP contribution in [0, 0.1) is 6.92 Å². The van der Waals surface area contributed by atoms with E-state index in [2.05, 4.69) is 19.1 Å². The number of carbonyl (C=O) groups excluding carboxylic acids is 1. The van der Waals surface area contributed by atoms with E-state index < -0.39 is 0 Å². The molecule has 0 aliphatic carbocycles. The Kier molecular flexibility index (Phi) is 3.65. The third-order valence-electron chi connectivity index (χ3n) is 3.62. The summed E-state index contributed by atoms with van der Waals surface area (Å²) >= 11 is 0. The zero-order valence-corrected chi connectivity index (χ0v) is 11.9. The maximum atomic E-state index is 12.5. The van der Waals surface area contributed by atoms with Crippen LogP contribution in [0.1, 0.15) is 21.5 Å². The van der Waals surface area contributed by atoms with Crippen molar-refractivity contribution in [3.05, 3.63) is 95.6 Å². The first-order valence-corrected chi connectivity index (χ1v) is 7.01. The molecule has 0 heterocycles. The van der Waals surface area contributed by atoms with Crippen LogP contribution in [0.2, 0.25) is 0 Å². The molecule has 3 rings (SSSR count). The lowest BCUT2D eigenvalue weighted by atomic mass is 9.96. The molecule has 0 saturated carbocycles. The zero-order valence-electron chi connectivity index (χ0n) is 11.9. The van der Waals surface area contributed by atoms with Crippen LogP contribution in [0.5, 0.6) is 0 Å². The first-order chi connectivity index (χ1) is 10.3. The first kappa shape index (κ1) is 13.3. The molecule has 102 valence electrons. The highest BCUT2D eigenvalue weighted by molar-refractivity contribution is 6.09. The molecule has 3 aromatic rings. The van der Waals surface area contributed by atoms with Crippen LogP contribution < -0.4 is 0 Å². The Hall–Kier alpha value is -2.67. The Balaban J connectivity index is 2.02. The summed E-state index contributed by atoms with van der Waals surface area (Å²) in [5, 5.41) is 0. The maximum Gasteiger partial charge on any atom is 0.193 e. The van der Waals surface area contributed by atoms with Crippen LogP contribution in [0.3, 0.4) is 0 Å². The minimum atomic E-state index is 0.0611. The quantitative estimate of drug-likeness (QED) is 0.620. The molecule has 0 aromatic heterocycles. The molecule has 0 spiro atoms. The Morgan fingerprint density at radius 3 is 2.14 bits per heavy atom. The number of hydrogen-bond acceptors (Lipinski definition) is 1. The van der Waals surface area contributed by atoms with Crippen molar-refractivity contribution in [1.29, 1.82) is 0 Å². The molecule has 0 aliphatic heterocycles. The van der Waals surface area contributed by atoms with Crippen LogP contribution >= 0.6 is 0 Å². The standard InChI is InChI=1S/C20H16O/c1-15-8-5-6-13-19(15)17-11-7-12-18(14-17)20(21)16-9-3-2-4-10-16/h2-14H,1H3. The van der Waals surface area contributed by atoms with Crippen molar-refractivity contribution >= 4 is 5.78 Å². The predicted octanol–water partition coefficient (Wildman–Crippen LogP) is 4.89. The second-order valence-corrected chi connectivity index (χ2v) is 5.09. The van der Waals surface area contributed by atoms with E-state index in [4.69, 9.17) is 0 Å². The highest BCUT2D eigenvalue weighted by Gasteiger charge is 2.10. The third-order valence-corrected chi connectivity index (χ3v) is 3.62. The van der Waals surface area contributed by atoms with E-state index in [0.29, 0.717) is 0 Å². The van der Waals surface area contributed by atoms with Crippen molar-refractivity contribution < 1.29 is 4.79 Å². The molecule has 0 amide bonds. The number of hydrogen-bond donors (Lipinski definition) is 0. The van der Waals surface area contributed by atoms with E-state index in [1.807, 2.05) is 66.7 Å². The van der Waals surface area contributed by atoms with Gasteiger partial charge in [0.2, 0.25) is 0 Å². The molecule has 0 bridgehead atoms. The summed E-state index contributed by atoms with van der Waals surface area (Å²) in [7, 11) is 0. The number of rotatable bonds is 3. The van der Waals surface area contributed by atoms with Gasteiger partial charge < -0.3 is 0 Å². The molecule has 1 nitrogen and oxygen atoms in total. The largest absolute Gasteiger partial charge is 0.289 e. The van der Waals surface area contributed by atoms with Crippen molar-refractivity contribution in [3.63, 3.8) is 0 Å². The normalized spacial score (nSPS) is 10.3. The van der Waals surface area contributed by atoms with Gasteiger partial charge in [-0.15, -0.1) is 0 Å². The summed E-state index contributed by atoms with van der Waals surface area (Å²) in [5.41, 5.74) is 4.90. The average Bonchev–Trinajstić information content (AvgIpc) is 2.55. The van der Waals surface area contributed by atoms with E-state index in [0.717, 1.165) is 16.7 Å². The molecule has 0 saturated heterocycles. The highest BCUT2D eigenvalue weighted by Crippen LogP contribution is 2.24. The van der Waals surface area contributed by atoms with Crippen LogP contribution in [0.4, 0.5) is 0 Å². The van der Waals surface area contributed by atoms with E-state index >= 15 is 0 Å². The summed E-state index contributed by atoms with van der Waals surface area (Å²) in [6.07, 6.45) is 0. The van der Waals surface area contributed by atoms with Crippen LogP contribution in [-0.4, -0.2) is 5.78 Å². The Morgan fingerprint density at radius 1 is 0.714 bits per heavy atom. The van der Waals surface area contributed by atoms with E-state index in [1.54, 1.807) is 0 Å². The van der Waals surface area contributed by atoms with Crippen LogP contribution in [-0.2, 0) is 0 Å². The van der Waals surface area contributed by atoms with E-state index in [9.17, 15) is 4.79 Å². The summed E-state index contributed by atoms with van der Waals surface area (Å²) < 4.78 is 0. The molecular formula is C20H16O. The van der Waals surface area contributed by atoms with Crippen LogP contribution in [0.15, 0.2) is 78.9 Å². The monoisotopic (exact) mass is 272 g/mol. The molecule has 0 radical (unpaired) electrons. The van der Waals surface area contributed by atoms with Gasteiger partial charge in [0, 0.05) is 11.1 Å². The van der Waals surface area contributed by atoms with Gasteiger partial charge in [-0.25, -0.2) is 0 Å². The highest BCUT2D eigenvalue weighted by atomic mass is 16.1. The summed E-state index contributed by atoms with van der Waals surface area (Å²) in [5.74, 6) is 0.0611. The lowest BCUT2D eigenvalue weighted by molar-refractivity contribution is 0.103. The van der Waals surface area contributed by atoms with Gasteiger partial charge in [0.25, 0.3) is 0 Å². The summed E-state index contributed by atoms with van der Waals surface area (Å²) in [4.78, 5) is 12.5. The number of carbonyl (C=O) groups is 1. The Morgan fingerprint density at radius 2 is 1.38 bits per heavy atom. The average molecular weight is 272 g/mol. The van der Waals surface area contributed by atoms with Gasteiger partial charge in [-0.1, -0.05) is 72.8 Å². The fraction of sp³-hybridized carbons (Fsp3) is 0.0500. The summed E-state index contributed by atoms with van der Waals surface area (Å²) in [6, 6.07) is 25.4. The third kappa shape index (κ3) is 2.77. The van der Waals surface area contributed by atoms with Crippen molar-refractivity contribution in [1.82, 2.24) is 0 Å². The number of benzene rings is 3. The zero-order chi connectivity index (χ0) is 14.7. The predicted molar refractivity (Wildman–Crippen MR) is 86.5 cm³/mol. The Labute approximate surface area is 124 Å². The topological polar surface area (TPSA) is 17.1 Å². The molecule has 0 N–H and O–H groups in total. The van der Waals surface area contributed by atoms with Crippen molar-refractivity contribution in [2.24, 2.45) is 0 Å². The van der Waals surface area contributed by atoms with Gasteiger partial charge in [0.1, 0.15) is 0 Å². The smallest absolute Gasteiger partial charge is 0.193 e. The fourth-order valence-electron chi connectivity index (χ4n) is 2.48. The van der Waals surface area contributed by atoms with Gasteiger partial charge in [-0.2, -0.15) is 0 Å². The summed E-state index contributed by atoms with van der Waals surface area (Å²) in [6.45, 7) is 2.08. The van der Waals surface area contributed by atoms with Crippen molar-refractivity contribution in [3.8, 4) is 11.1 Å². The lowest BCUT2D eigenvalue weighted by Gasteiger charge is -2.08. The first-order valence-electron chi connectivity index (χ1n) is 7.01. The van der Waals surface area contributed by atoms with Crippen molar-refractivity contribution in [2.75, 3.05) is 0 Å². The molecular weight excluding hydrogens is 256 g/mol. The SMILES string of the molecule is Cc1ccccc1-c1cccc(C(=O)c2ccccc2)c1. The van der Waals surface area contributed by atoms with E-state index in [-0.39, 0.29) is 5.78 Å². The molecule has 1 heteroatoms. The van der Waals surface area contributed by atoms with Gasteiger partial charge in [0.15, 0.2) is 5.78 Å². The maximum absolute atomic E-state index is 12.5. The minimum absolute atomic E-state index is 0.0611. The van der Waals surface area contributed by atoms with Crippen LogP contribution in [0.25, 0.3) is 11.1 Å².